The molecular formula is C32H52N2. The van der Waals surface area contributed by atoms with Crippen molar-refractivity contribution in [1.29, 1.82) is 0 Å². The Kier molecular flexibility index (Phi) is 15.6. The summed E-state index contributed by atoms with van der Waals surface area (Å²) in [4.78, 5) is 9.30. The fraction of sp³-hybridized carbons (Fsp3) is 0.688. The zero-order valence-corrected chi connectivity index (χ0v) is 22.7. The molecule has 0 saturated heterocycles. The number of benzene rings is 1. The molecule has 1 atom stereocenters. The molecule has 0 fully saturated rings. The third-order valence-corrected chi connectivity index (χ3v) is 7.35. The van der Waals surface area contributed by atoms with Crippen LogP contribution >= 0.6 is 0 Å². The Morgan fingerprint density at radius 1 is 0.588 bits per heavy atom. The summed E-state index contributed by atoms with van der Waals surface area (Å²) >= 11 is 0. The monoisotopic (exact) mass is 464 g/mol. The van der Waals surface area contributed by atoms with Gasteiger partial charge in [0.25, 0.3) is 0 Å². The molecule has 0 aliphatic rings. The van der Waals surface area contributed by atoms with Gasteiger partial charge in [0.05, 0.1) is 0 Å². The molecule has 0 amide bonds. The smallest absolute Gasteiger partial charge is 0.159 e. The number of unbranched alkanes of at least 4 members (excludes halogenated alkanes) is 12. The maximum absolute atomic E-state index is 4.65. The van der Waals surface area contributed by atoms with Crippen molar-refractivity contribution in [3.63, 3.8) is 0 Å². The Hall–Kier alpha value is -1.70. The molecule has 34 heavy (non-hydrogen) atoms. The molecule has 1 unspecified atom stereocenters. The average molecular weight is 465 g/mol. The highest BCUT2D eigenvalue weighted by Crippen LogP contribution is 2.19. The quantitative estimate of drug-likeness (QED) is 0.182. The summed E-state index contributed by atoms with van der Waals surface area (Å²) in [5.41, 5.74) is 3.83. The van der Waals surface area contributed by atoms with Gasteiger partial charge in [0.2, 0.25) is 0 Å². The van der Waals surface area contributed by atoms with Gasteiger partial charge in [0.15, 0.2) is 5.82 Å². The Balaban J connectivity index is 1.57. The third kappa shape index (κ3) is 12.7. The first-order valence-corrected chi connectivity index (χ1v) is 14.6. The summed E-state index contributed by atoms with van der Waals surface area (Å²) < 4.78 is 0. The molecule has 0 radical (unpaired) electrons. The number of aryl methyl sites for hydroxylation is 2. The van der Waals surface area contributed by atoms with E-state index in [1.54, 1.807) is 0 Å². The molecule has 1 heterocycles. The third-order valence-electron chi connectivity index (χ3n) is 7.35. The lowest BCUT2D eigenvalue weighted by Crippen LogP contribution is -1.94. The fourth-order valence-corrected chi connectivity index (χ4v) is 4.65. The second kappa shape index (κ2) is 18.6. The van der Waals surface area contributed by atoms with Crippen molar-refractivity contribution in [1.82, 2.24) is 9.97 Å². The molecule has 2 nitrogen and oxygen atoms in total. The number of rotatable bonds is 20. The molecule has 0 spiro atoms. The van der Waals surface area contributed by atoms with E-state index in [2.05, 4.69) is 55.0 Å². The molecule has 0 bridgehead atoms. The van der Waals surface area contributed by atoms with Crippen molar-refractivity contribution >= 4 is 0 Å². The zero-order valence-electron chi connectivity index (χ0n) is 22.7. The molecule has 190 valence electrons. The van der Waals surface area contributed by atoms with Crippen molar-refractivity contribution in [3.8, 4) is 11.4 Å². The Bertz CT molecular complexity index is 720. The van der Waals surface area contributed by atoms with Crippen LogP contribution in [0.1, 0.15) is 135 Å². The second-order valence-electron chi connectivity index (χ2n) is 10.5. The van der Waals surface area contributed by atoms with E-state index < -0.39 is 0 Å². The van der Waals surface area contributed by atoms with Crippen LogP contribution < -0.4 is 0 Å². The molecule has 0 aliphatic carbocycles. The maximum atomic E-state index is 4.65. The molecule has 2 rings (SSSR count). The van der Waals surface area contributed by atoms with Gasteiger partial charge in [-0.25, -0.2) is 9.97 Å². The fourth-order valence-electron chi connectivity index (χ4n) is 4.65. The van der Waals surface area contributed by atoms with Crippen molar-refractivity contribution < 1.29 is 0 Å². The highest BCUT2D eigenvalue weighted by atomic mass is 14.9. The summed E-state index contributed by atoms with van der Waals surface area (Å²) in [6, 6.07) is 8.89. The van der Waals surface area contributed by atoms with E-state index in [1.807, 2.05) is 12.4 Å². The number of hydrogen-bond acceptors (Lipinski definition) is 2. The van der Waals surface area contributed by atoms with Gasteiger partial charge >= 0.3 is 0 Å². The summed E-state index contributed by atoms with van der Waals surface area (Å²) in [5, 5.41) is 0. The van der Waals surface area contributed by atoms with E-state index in [1.165, 1.54) is 120 Å². The molecule has 2 aromatic rings. The van der Waals surface area contributed by atoms with E-state index in [9.17, 15) is 0 Å². The van der Waals surface area contributed by atoms with E-state index in [0.29, 0.717) is 0 Å². The van der Waals surface area contributed by atoms with Crippen molar-refractivity contribution in [2.75, 3.05) is 0 Å². The van der Waals surface area contributed by atoms with Gasteiger partial charge in [0.1, 0.15) is 0 Å². The highest BCUT2D eigenvalue weighted by Gasteiger charge is 2.04. The van der Waals surface area contributed by atoms with Gasteiger partial charge in [-0.3, -0.25) is 0 Å². The molecule has 0 aliphatic heterocycles. The molecule has 0 saturated carbocycles. The van der Waals surface area contributed by atoms with Crippen LogP contribution in [-0.2, 0) is 12.8 Å². The Morgan fingerprint density at radius 2 is 1.09 bits per heavy atom. The lowest BCUT2D eigenvalue weighted by Gasteiger charge is -2.08. The minimum absolute atomic E-state index is 0.850. The van der Waals surface area contributed by atoms with Crippen LogP contribution in [0.4, 0.5) is 0 Å². The topological polar surface area (TPSA) is 25.8 Å². The number of hydrogen-bond donors (Lipinski definition) is 0. The van der Waals surface area contributed by atoms with Gasteiger partial charge in [-0.2, -0.15) is 0 Å². The highest BCUT2D eigenvalue weighted by molar-refractivity contribution is 5.55. The minimum atomic E-state index is 0.850. The number of nitrogens with zero attached hydrogens (tertiary/aromatic N) is 2. The summed E-state index contributed by atoms with van der Waals surface area (Å²) in [6.45, 7) is 6.95. The second-order valence-corrected chi connectivity index (χ2v) is 10.5. The van der Waals surface area contributed by atoms with E-state index in [4.69, 9.17) is 0 Å². The van der Waals surface area contributed by atoms with E-state index >= 15 is 0 Å². The van der Waals surface area contributed by atoms with E-state index in [-0.39, 0.29) is 0 Å². The van der Waals surface area contributed by atoms with Crippen LogP contribution in [0.2, 0.25) is 0 Å². The Morgan fingerprint density at radius 3 is 1.65 bits per heavy atom. The zero-order chi connectivity index (χ0) is 24.3. The number of aromatic nitrogens is 2. The standard InChI is InChI=1S/C32H52N2/c1-4-6-7-8-9-10-11-12-13-14-17-21-30-26-33-32(34-27-30)31-24-22-29(23-25-31)20-18-15-16-19-28(3)5-2/h22-28H,4-21H2,1-3H3. The van der Waals surface area contributed by atoms with Gasteiger partial charge in [-0.05, 0) is 42.7 Å². The van der Waals surface area contributed by atoms with Gasteiger partial charge < -0.3 is 0 Å². The van der Waals surface area contributed by atoms with Crippen LogP contribution in [-0.4, -0.2) is 9.97 Å². The van der Waals surface area contributed by atoms with Gasteiger partial charge in [-0.1, -0.05) is 135 Å². The van der Waals surface area contributed by atoms with Crippen LogP contribution in [0.5, 0.6) is 0 Å². The van der Waals surface area contributed by atoms with Crippen molar-refractivity contribution in [2.24, 2.45) is 5.92 Å². The summed E-state index contributed by atoms with van der Waals surface area (Å²) in [7, 11) is 0. The summed E-state index contributed by atoms with van der Waals surface area (Å²) in [5.74, 6) is 1.73. The van der Waals surface area contributed by atoms with Gasteiger partial charge in [0, 0.05) is 18.0 Å². The molecule has 1 aromatic heterocycles. The predicted molar refractivity (Wildman–Crippen MR) is 149 cm³/mol. The van der Waals surface area contributed by atoms with Gasteiger partial charge in [-0.15, -0.1) is 0 Å². The summed E-state index contributed by atoms with van der Waals surface area (Å²) in [6.07, 6.45) is 28.3. The molecule has 2 heteroatoms. The van der Waals surface area contributed by atoms with E-state index in [0.717, 1.165) is 23.7 Å². The molecule has 1 aromatic carbocycles. The van der Waals surface area contributed by atoms with Crippen LogP contribution in [0.25, 0.3) is 11.4 Å². The van der Waals surface area contributed by atoms with Crippen LogP contribution in [0.15, 0.2) is 36.7 Å². The maximum Gasteiger partial charge on any atom is 0.159 e. The van der Waals surface area contributed by atoms with Crippen LogP contribution in [0.3, 0.4) is 0 Å². The lowest BCUT2D eigenvalue weighted by molar-refractivity contribution is 0.478. The van der Waals surface area contributed by atoms with Crippen LogP contribution in [0, 0.1) is 5.92 Å². The lowest BCUT2D eigenvalue weighted by atomic mass is 9.99. The first-order chi connectivity index (χ1) is 16.7. The van der Waals surface area contributed by atoms with Crippen molar-refractivity contribution in [3.05, 3.63) is 47.8 Å². The molecule has 0 N–H and O–H groups in total. The van der Waals surface area contributed by atoms with Crippen molar-refractivity contribution in [2.45, 2.75) is 136 Å². The Labute approximate surface area is 211 Å². The normalized spacial score (nSPS) is 12.2. The first-order valence-electron chi connectivity index (χ1n) is 14.6. The average Bonchev–Trinajstić information content (AvgIpc) is 2.87. The SMILES string of the molecule is CCCCCCCCCCCCCc1cnc(-c2ccc(CCCCCC(C)CC)cc2)nc1. The largest absolute Gasteiger partial charge is 0.236 e. The predicted octanol–water partition coefficient (Wildman–Crippen LogP) is 10.1. The minimum Gasteiger partial charge on any atom is -0.236 e. The molecular weight excluding hydrogens is 412 g/mol. The first kappa shape index (κ1) is 28.5.